The molecule has 0 aliphatic carbocycles. The molecular formula is C57H83N6O39P. The largest absolute Gasteiger partial charge is 0.477 e. The number of aryl methyl sites for hydroxylation is 1. The number of nitrogen functional groups attached to an aromatic ring is 1. The van der Waals surface area contributed by atoms with E-state index in [2.05, 4.69) is 20.9 Å². The lowest BCUT2D eigenvalue weighted by molar-refractivity contribution is -0.398. The number of carboxylic acids is 1. The number of amides is 3. The first kappa shape index (κ1) is 82.5. The first-order valence-corrected chi connectivity index (χ1v) is 33.1. The maximum atomic E-state index is 13.2. The smallest absolute Gasteiger partial charge is 0.475 e. The molecule has 0 bridgehead atoms. The van der Waals surface area contributed by atoms with E-state index in [1.54, 1.807) is 0 Å². The average Bonchev–Trinajstić information content (AvgIpc) is 1.39. The Morgan fingerprint density at radius 1 is 0.689 bits per heavy atom. The van der Waals surface area contributed by atoms with Crippen LogP contribution in [0.25, 0.3) is 0 Å². The second kappa shape index (κ2) is 35.9. The van der Waals surface area contributed by atoms with Crippen LogP contribution in [0.1, 0.15) is 55.3 Å². The highest BCUT2D eigenvalue weighted by atomic mass is 31.2. The Bertz CT molecular complexity index is 3280. The number of benzene rings is 1. The number of carbonyl (C=O) groups excluding carboxylic acids is 5. The normalized spacial score (nSPS) is 38.8. The quantitative estimate of drug-likeness (QED) is 0.0184. The molecule has 7 heterocycles. The van der Waals surface area contributed by atoms with E-state index in [9.17, 15) is 125 Å². The highest BCUT2D eigenvalue weighted by Gasteiger charge is 2.60. The van der Waals surface area contributed by atoms with Crippen LogP contribution in [-0.4, -0.2) is 343 Å². The lowest BCUT2D eigenvalue weighted by Crippen LogP contribution is -2.70. The number of nitrogens with one attached hydrogen (secondary N) is 3. The Morgan fingerprint density at radius 2 is 1.24 bits per heavy atom. The fraction of sp³-hybridized carbons (Fsp3) is 0.719. The van der Waals surface area contributed by atoms with Crippen LogP contribution in [0.15, 0.2) is 41.3 Å². The number of phosphoric ester groups is 1. The number of nitrogens with zero attached hydrogens (tertiary/aromatic N) is 2. The van der Waals surface area contributed by atoms with Gasteiger partial charge in [0.05, 0.1) is 38.6 Å². The van der Waals surface area contributed by atoms with E-state index in [1.807, 2.05) is 0 Å². The number of phosphoric acid groups is 1. The number of hydrogen-bond acceptors (Lipinski definition) is 39. The maximum Gasteiger partial charge on any atom is 0.475 e. The van der Waals surface area contributed by atoms with Crippen LogP contribution < -0.4 is 27.4 Å². The number of aliphatic hydroxyl groups is 15. The van der Waals surface area contributed by atoms with Gasteiger partial charge in [-0.05, 0) is 43.0 Å². The molecule has 6 saturated heterocycles. The molecule has 46 heteroatoms. The van der Waals surface area contributed by atoms with Gasteiger partial charge in [-0.3, -0.25) is 33.1 Å². The number of nitrogens with two attached hydrogens (primary N) is 1. The lowest BCUT2D eigenvalue weighted by atomic mass is 9.89. The van der Waals surface area contributed by atoms with Gasteiger partial charge in [-0.1, -0.05) is 12.1 Å². The van der Waals surface area contributed by atoms with Crippen molar-refractivity contribution in [3.05, 3.63) is 58.1 Å². The summed E-state index contributed by atoms with van der Waals surface area (Å²) in [6.45, 7) is -2.07. The highest BCUT2D eigenvalue weighted by Crippen LogP contribution is 2.52. The molecule has 3 amide bonds. The minimum atomic E-state index is -5.66. The van der Waals surface area contributed by atoms with Crippen LogP contribution in [0, 0.1) is 0 Å². The summed E-state index contributed by atoms with van der Waals surface area (Å²) in [7, 11) is -5.66. The number of aliphatic hydroxyl groups excluding tert-OH is 15. The van der Waals surface area contributed by atoms with Gasteiger partial charge in [-0.2, -0.15) is 4.98 Å². The Hall–Kier alpha value is -6.17. The van der Waals surface area contributed by atoms with Crippen molar-refractivity contribution in [3.63, 3.8) is 0 Å². The molecule has 1 aromatic heterocycles. The first-order chi connectivity index (χ1) is 48.7. The fourth-order valence-corrected chi connectivity index (χ4v) is 13.0. The second-order valence-corrected chi connectivity index (χ2v) is 25.8. The molecule has 22 N–H and O–H groups in total. The molecule has 0 saturated carbocycles. The molecule has 0 spiro atoms. The molecule has 45 nitrogen and oxygen atoms in total. The fourth-order valence-electron chi connectivity index (χ4n) is 12.0. The van der Waals surface area contributed by atoms with E-state index in [0.29, 0.717) is 5.56 Å². The molecule has 8 rings (SSSR count). The molecule has 103 heavy (non-hydrogen) atoms. The van der Waals surface area contributed by atoms with E-state index in [1.165, 1.54) is 30.3 Å². The Morgan fingerprint density at radius 3 is 1.81 bits per heavy atom. The number of hydrogen-bond donors (Lipinski definition) is 21. The van der Waals surface area contributed by atoms with Gasteiger partial charge < -0.3 is 165 Å². The lowest BCUT2D eigenvalue weighted by Gasteiger charge is -2.49. The molecule has 6 aliphatic heterocycles. The summed E-state index contributed by atoms with van der Waals surface area (Å²) >= 11 is 0. The van der Waals surface area contributed by atoms with Crippen LogP contribution in [0.5, 0.6) is 0 Å². The molecular weight excluding hydrogens is 1420 g/mol. The summed E-state index contributed by atoms with van der Waals surface area (Å²) in [5, 5.41) is 180. The second-order valence-electron chi connectivity index (χ2n) is 24.5. The Kier molecular flexibility index (Phi) is 28.8. The number of anilines is 1. The van der Waals surface area contributed by atoms with E-state index in [-0.39, 0.29) is 50.1 Å². The third-order valence-corrected chi connectivity index (χ3v) is 18.3. The summed E-state index contributed by atoms with van der Waals surface area (Å²) in [5.41, 5.74) is 5.17. The number of aliphatic carboxylic acids is 1. The monoisotopic (exact) mass is 1510 g/mol. The topological polar surface area (TPSA) is 690 Å². The first-order valence-electron chi connectivity index (χ1n) is 31.6. The predicted octanol–water partition coefficient (Wildman–Crippen LogP) is -11.8. The molecule has 580 valence electrons. The third-order valence-electron chi connectivity index (χ3n) is 17.3. The molecule has 1 aromatic carbocycles. The van der Waals surface area contributed by atoms with Crippen LogP contribution in [0.4, 0.5) is 5.82 Å². The zero-order chi connectivity index (χ0) is 75.7. The van der Waals surface area contributed by atoms with Gasteiger partial charge >= 0.3 is 19.5 Å². The zero-order valence-electron chi connectivity index (χ0n) is 54.2. The van der Waals surface area contributed by atoms with E-state index in [0.717, 1.165) is 24.6 Å². The molecule has 6 aliphatic rings. The molecule has 2 aromatic rings. The summed E-state index contributed by atoms with van der Waals surface area (Å²) in [5.74, 6) is -7.96. The van der Waals surface area contributed by atoms with Crippen molar-refractivity contribution < 1.29 is 186 Å². The minimum absolute atomic E-state index is 0.0751. The van der Waals surface area contributed by atoms with E-state index in [4.69, 9.17) is 71.6 Å². The van der Waals surface area contributed by atoms with Gasteiger partial charge in [0, 0.05) is 38.6 Å². The van der Waals surface area contributed by atoms with Gasteiger partial charge in [0.25, 0.3) is 24.6 Å². The standard InChI is InChI=1S/C57H83N6O39P/c1-20(68)60-30-36(76)34(74)26(15-64)94-49(30)97-46-39(79)42(82)52(100-54(46)91-19-67)96-43-27(16-65)95-50(31(37(43)77)61-21(2)69)98-45-38(78)41(81)51(99-53(45)90-18-66)89-13-11-59-47(83)23-8-6-22(7-9-23)4-3-5-24(70)32(72)44-33(73)25(71)14-57(101-44,55(84)85)102-103(87,88)92-17-28-35(75)40(80)48(93-28)63-12-10-29(58)62-56(63)86/h6-10,12,18-19,24-28,30-46,48-54,64-65,70-82H,3-5,11,13-17H2,1-2H3,(H,59,83)(H,60,68)(H,61,69)(H,84,85)(H,87,88)(H2,58,62,86)/t24-,25?,26?,27?,28-,30+,31+,32-,33-,34-,35?,36?,37?,38?,39?,40+,41+,42+,43-,44?,45+,46+,48-,49-,50-,51-,52-,53?,54?,57-/m1/s1. The van der Waals surface area contributed by atoms with Crippen LogP contribution in [0.2, 0.25) is 0 Å². The zero-order valence-corrected chi connectivity index (χ0v) is 55.1. The predicted molar refractivity (Wildman–Crippen MR) is 322 cm³/mol. The summed E-state index contributed by atoms with van der Waals surface area (Å²) in [4.78, 5) is 100. The Balaban J connectivity index is 0.799. The van der Waals surface area contributed by atoms with Crippen molar-refractivity contribution in [3.8, 4) is 0 Å². The van der Waals surface area contributed by atoms with Crippen molar-refractivity contribution in [1.82, 2.24) is 25.5 Å². The van der Waals surface area contributed by atoms with Crippen LogP contribution in [-0.2, 0) is 101 Å². The third kappa shape index (κ3) is 19.5. The highest BCUT2D eigenvalue weighted by molar-refractivity contribution is 7.47. The summed E-state index contributed by atoms with van der Waals surface area (Å²) in [6, 6.07) is 3.64. The van der Waals surface area contributed by atoms with Gasteiger partial charge in [0.2, 0.25) is 24.4 Å². The number of carbonyl (C=O) groups is 6. The SMILES string of the molecule is CC(=O)N[C@H]1C(O)[C@H](O)C(CO)O[C@@H]1O[C@@H]1C(OC=O)O[C@@H](O[C@@H]2C(CO)O[C@H](O[C@@H]3C(OC=O)O[C@@H](OCCNC(=O)c4ccc(CCC[C@@H](O)[C@@H](O)C5O[C@](OP(=O)(O)OC[C@H]6O[C@@H](n7ccc(N)nc7=O)[C@@H](O)C6O)(C(=O)O)CC(O)[C@H]5O)cc4)[C@@H](O)C3O)[C@@H](NC(C)=O)C2O)[C@@H](O)C1O. The summed E-state index contributed by atoms with van der Waals surface area (Å²) in [6.07, 6.45) is -52.8. The van der Waals surface area contributed by atoms with Crippen molar-refractivity contribution >= 4 is 50.3 Å². The Labute approximate surface area is 580 Å². The minimum Gasteiger partial charge on any atom is -0.477 e. The van der Waals surface area contributed by atoms with Gasteiger partial charge in [0.15, 0.2) is 43.6 Å². The molecule has 12 unspecified atom stereocenters. The van der Waals surface area contributed by atoms with Crippen LogP contribution in [0.3, 0.4) is 0 Å². The maximum absolute atomic E-state index is 13.2. The molecule has 0 radical (unpaired) electrons. The van der Waals surface area contributed by atoms with Crippen molar-refractivity contribution in [2.24, 2.45) is 0 Å². The number of rotatable bonds is 32. The van der Waals surface area contributed by atoms with Gasteiger partial charge in [0.1, 0.15) is 116 Å². The van der Waals surface area contributed by atoms with Crippen molar-refractivity contribution in [2.45, 2.75) is 223 Å². The van der Waals surface area contributed by atoms with E-state index < -0.39 is 254 Å². The van der Waals surface area contributed by atoms with Gasteiger partial charge in [-0.25, -0.2) is 18.7 Å². The van der Waals surface area contributed by atoms with Gasteiger partial charge in [-0.15, -0.1) is 0 Å². The average molecular weight is 1510 g/mol. The number of ether oxygens (including phenoxy) is 12. The number of aromatic nitrogens is 2. The summed E-state index contributed by atoms with van der Waals surface area (Å²) < 4.78 is 90.0. The van der Waals surface area contributed by atoms with Crippen molar-refractivity contribution in [1.29, 1.82) is 0 Å². The number of carboxylic acid groups (broad SMARTS) is 1. The van der Waals surface area contributed by atoms with E-state index >= 15 is 0 Å². The van der Waals surface area contributed by atoms with Crippen LogP contribution >= 0.6 is 7.82 Å². The van der Waals surface area contributed by atoms with Crippen molar-refractivity contribution in [2.75, 3.05) is 38.7 Å². The molecule has 31 atom stereocenters. The molecule has 6 fully saturated rings.